The van der Waals surface area contributed by atoms with Crippen LogP contribution in [0.1, 0.15) is 252 Å². The van der Waals surface area contributed by atoms with Crippen LogP contribution in [0.15, 0.2) is 48.6 Å². The predicted molar refractivity (Wildman–Crippen MR) is 285 cm³/mol. The van der Waals surface area contributed by atoms with E-state index in [-0.39, 0.29) is 25.9 Å². The number of hydrogen-bond donors (Lipinski definition) is 3. The molecule has 0 aliphatic carbocycles. The normalized spacial score (nSPS) is 18.8. The molecule has 0 spiro atoms. The van der Waals surface area contributed by atoms with Crippen molar-refractivity contribution in [2.75, 3.05) is 13.2 Å². The molecule has 1 heterocycles. The maximum absolute atomic E-state index is 13.1. The number of rotatable bonds is 48. The smallest absolute Gasteiger partial charge is 0.335 e. The lowest BCUT2D eigenvalue weighted by Crippen LogP contribution is -2.61. The third kappa shape index (κ3) is 38.0. The summed E-state index contributed by atoms with van der Waals surface area (Å²) >= 11 is 0. The summed E-state index contributed by atoms with van der Waals surface area (Å²) in [7, 11) is 0. The Hall–Kier alpha value is -3.32. The van der Waals surface area contributed by atoms with Gasteiger partial charge in [0, 0.05) is 19.3 Å². The van der Waals surface area contributed by atoms with Crippen molar-refractivity contribution < 1.29 is 58.2 Å². The van der Waals surface area contributed by atoms with Crippen molar-refractivity contribution >= 4 is 23.9 Å². The third-order valence-corrected chi connectivity index (χ3v) is 12.9. The van der Waals surface area contributed by atoms with E-state index in [1.165, 1.54) is 128 Å². The van der Waals surface area contributed by atoms with Crippen LogP contribution < -0.4 is 0 Å². The average Bonchev–Trinajstić information content (AvgIpc) is 3.35. The van der Waals surface area contributed by atoms with E-state index in [1.807, 2.05) is 18.2 Å². The molecule has 1 aliphatic rings. The van der Waals surface area contributed by atoms with Crippen molar-refractivity contribution in [2.45, 2.75) is 289 Å². The van der Waals surface area contributed by atoms with Crippen molar-refractivity contribution in [3.05, 3.63) is 48.6 Å². The number of carboxylic acid groups (broad SMARTS) is 1. The fraction of sp³-hybridized carbons (Fsp3) is 0.797. The molecule has 0 saturated carbocycles. The molecule has 0 amide bonds. The third-order valence-electron chi connectivity index (χ3n) is 12.9. The Balaban J connectivity index is 2.70. The molecular formula is C59H102O12. The van der Waals surface area contributed by atoms with Gasteiger partial charge in [-0.2, -0.15) is 0 Å². The van der Waals surface area contributed by atoms with Gasteiger partial charge < -0.3 is 39.0 Å². The van der Waals surface area contributed by atoms with Crippen LogP contribution in [0.2, 0.25) is 0 Å². The van der Waals surface area contributed by atoms with Crippen LogP contribution in [-0.4, -0.2) is 89.2 Å². The number of ether oxygens (including phenoxy) is 5. The predicted octanol–water partition coefficient (Wildman–Crippen LogP) is 14.2. The van der Waals surface area contributed by atoms with Gasteiger partial charge in [-0.05, 0) is 44.9 Å². The number of unbranched alkanes of at least 4 members (excludes halogenated alkanes) is 26. The first-order valence-corrected chi connectivity index (χ1v) is 28.6. The molecule has 0 aromatic carbocycles. The number of carbonyl (C=O) groups is 4. The van der Waals surface area contributed by atoms with Crippen LogP contribution in [0.4, 0.5) is 0 Å². The lowest BCUT2D eigenvalue weighted by molar-refractivity contribution is -0.301. The lowest BCUT2D eigenvalue weighted by Gasteiger charge is -2.40. The Labute approximate surface area is 431 Å². The van der Waals surface area contributed by atoms with Crippen molar-refractivity contribution in [1.29, 1.82) is 0 Å². The van der Waals surface area contributed by atoms with Gasteiger partial charge in [-0.25, -0.2) is 4.79 Å². The molecule has 12 heteroatoms. The molecule has 1 rings (SSSR count). The van der Waals surface area contributed by atoms with Gasteiger partial charge in [0.25, 0.3) is 0 Å². The summed E-state index contributed by atoms with van der Waals surface area (Å²) < 4.78 is 28.3. The Bertz CT molecular complexity index is 1420. The van der Waals surface area contributed by atoms with Crippen molar-refractivity contribution in [3.8, 4) is 0 Å². The monoisotopic (exact) mass is 1000 g/mol. The number of aliphatic hydroxyl groups excluding tert-OH is 2. The second-order valence-electron chi connectivity index (χ2n) is 19.6. The molecule has 0 aromatic rings. The van der Waals surface area contributed by atoms with Crippen LogP contribution in [0.3, 0.4) is 0 Å². The lowest BCUT2D eigenvalue weighted by atomic mass is 9.98. The van der Waals surface area contributed by atoms with Gasteiger partial charge in [-0.3, -0.25) is 14.4 Å². The van der Waals surface area contributed by atoms with E-state index in [0.29, 0.717) is 25.7 Å². The van der Waals surface area contributed by atoms with Crippen molar-refractivity contribution in [1.82, 2.24) is 0 Å². The summed E-state index contributed by atoms with van der Waals surface area (Å²) in [5.74, 6) is -3.21. The highest BCUT2D eigenvalue weighted by Crippen LogP contribution is 2.26. The molecule has 1 saturated heterocycles. The number of allylic oxidation sites excluding steroid dienone is 8. The molecular weight excluding hydrogens is 901 g/mol. The molecule has 1 aliphatic heterocycles. The topological polar surface area (TPSA) is 175 Å². The minimum absolute atomic E-state index is 0.0582. The van der Waals surface area contributed by atoms with Gasteiger partial charge in [-0.15, -0.1) is 0 Å². The molecule has 71 heavy (non-hydrogen) atoms. The van der Waals surface area contributed by atoms with Gasteiger partial charge >= 0.3 is 23.9 Å². The first-order valence-electron chi connectivity index (χ1n) is 28.6. The summed E-state index contributed by atoms with van der Waals surface area (Å²) in [5, 5.41) is 31.4. The molecule has 6 unspecified atom stereocenters. The van der Waals surface area contributed by atoms with E-state index in [4.69, 9.17) is 23.7 Å². The Morgan fingerprint density at radius 2 is 0.887 bits per heavy atom. The first-order chi connectivity index (χ1) is 34.6. The minimum Gasteiger partial charge on any atom is -0.479 e. The second kappa shape index (κ2) is 47.7. The van der Waals surface area contributed by atoms with Gasteiger partial charge in [0.15, 0.2) is 24.6 Å². The van der Waals surface area contributed by atoms with Crippen molar-refractivity contribution in [3.63, 3.8) is 0 Å². The van der Waals surface area contributed by atoms with Gasteiger partial charge in [0.2, 0.25) is 0 Å². The summed E-state index contributed by atoms with van der Waals surface area (Å²) in [6.07, 6.45) is 44.0. The highest BCUT2D eigenvalue weighted by molar-refractivity contribution is 5.74. The highest BCUT2D eigenvalue weighted by atomic mass is 16.7. The average molecular weight is 1000 g/mol. The summed E-state index contributed by atoms with van der Waals surface area (Å²) in [4.78, 5) is 50.9. The van der Waals surface area contributed by atoms with E-state index in [9.17, 15) is 34.5 Å². The van der Waals surface area contributed by atoms with E-state index in [2.05, 4.69) is 51.2 Å². The Morgan fingerprint density at radius 3 is 1.32 bits per heavy atom. The zero-order valence-electron chi connectivity index (χ0n) is 45.0. The largest absolute Gasteiger partial charge is 0.479 e. The summed E-state index contributed by atoms with van der Waals surface area (Å²) in [6.45, 7) is 5.84. The maximum Gasteiger partial charge on any atom is 0.335 e. The molecule has 0 aromatic heterocycles. The van der Waals surface area contributed by atoms with Crippen LogP contribution in [0.25, 0.3) is 0 Å². The van der Waals surface area contributed by atoms with Crippen LogP contribution >= 0.6 is 0 Å². The van der Waals surface area contributed by atoms with E-state index < -0.39 is 67.3 Å². The van der Waals surface area contributed by atoms with Crippen molar-refractivity contribution in [2.24, 2.45) is 0 Å². The molecule has 0 bridgehead atoms. The zero-order chi connectivity index (χ0) is 51.8. The number of carboxylic acids is 1. The number of esters is 3. The number of carbonyl (C=O) groups excluding carboxylic acids is 3. The SMILES string of the molecule is CC/C=C\C/C=C\C/C=C\C/C=C\CCC(=O)OC1C(OCC(COC(=O)CCCCCCCCCCCCCCCCCCC)OC(=O)CCCCCCCCCCCCC)OC(C(=O)O)C(O)C1O. The molecule has 6 atom stereocenters. The number of hydrogen-bond acceptors (Lipinski definition) is 11. The highest BCUT2D eigenvalue weighted by Gasteiger charge is 2.50. The van der Waals surface area contributed by atoms with E-state index in [1.54, 1.807) is 0 Å². The Kier molecular flexibility index (Phi) is 44.1. The maximum atomic E-state index is 13.1. The van der Waals surface area contributed by atoms with E-state index in [0.717, 1.165) is 57.8 Å². The van der Waals surface area contributed by atoms with Crippen LogP contribution in [-0.2, 0) is 42.9 Å². The first kappa shape index (κ1) is 65.7. The minimum atomic E-state index is -1.92. The number of aliphatic hydroxyl groups is 2. The zero-order valence-corrected chi connectivity index (χ0v) is 45.0. The van der Waals surface area contributed by atoms with Crippen LogP contribution in [0.5, 0.6) is 0 Å². The fourth-order valence-electron chi connectivity index (χ4n) is 8.56. The van der Waals surface area contributed by atoms with Crippen LogP contribution in [0, 0.1) is 0 Å². The van der Waals surface area contributed by atoms with Gasteiger partial charge in [0.1, 0.15) is 18.8 Å². The summed E-state index contributed by atoms with van der Waals surface area (Å²) in [6, 6.07) is 0. The van der Waals surface area contributed by atoms with Gasteiger partial charge in [-0.1, -0.05) is 236 Å². The Morgan fingerprint density at radius 1 is 0.479 bits per heavy atom. The molecule has 3 N–H and O–H groups in total. The van der Waals surface area contributed by atoms with E-state index >= 15 is 0 Å². The fourth-order valence-corrected chi connectivity index (χ4v) is 8.56. The van der Waals surface area contributed by atoms with Gasteiger partial charge in [0.05, 0.1) is 6.61 Å². The second-order valence-corrected chi connectivity index (χ2v) is 19.6. The quantitative estimate of drug-likeness (QED) is 0.0228. The molecule has 0 radical (unpaired) electrons. The standard InChI is InChI=1S/C59H102O12/c1-4-7-10-13-16-19-22-24-25-26-27-29-31-33-36-39-42-45-51(60)67-48-50(69-52(61)46-43-40-37-34-30-21-18-15-12-9-6-3)49-68-59-57(55(64)54(63)56(71-59)58(65)66)70-53(62)47-44-41-38-35-32-28-23-20-17-14-11-8-5-2/h8,11,17,20,28,32,38,41,50,54-57,59,63-64H,4-7,9-10,12-16,18-19,21-27,29-31,33-37,39-40,42-49H2,1-3H3,(H,65,66)/b11-8-,20-17-,32-28-,41-38-. The summed E-state index contributed by atoms with van der Waals surface area (Å²) in [5.41, 5.74) is 0. The molecule has 1 fully saturated rings. The number of aliphatic carboxylic acids is 1. The molecule has 12 nitrogen and oxygen atoms in total. The molecule has 410 valence electrons.